The molecule has 1 N–H and O–H groups in total. The number of benzene rings is 1. The molecule has 0 aliphatic carbocycles. The number of hydrogen-bond donors (Lipinski definition) is 1. The van der Waals surface area contributed by atoms with Gasteiger partial charge in [-0.1, -0.05) is 0 Å². The molecule has 22 heavy (non-hydrogen) atoms. The number of likely N-dealkylation sites (tertiary alicyclic amines) is 1. The second kappa shape index (κ2) is 8.32. The van der Waals surface area contributed by atoms with E-state index in [1.54, 1.807) is 11.8 Å². The van der Waals surface area contributed by atoms with E-state index in [1.165, 1.54) is 28.3 Å². The van der Waals surface area contributed by atoms with Crippen LogP contribution in [0.5, 0.6) is 0 Å². The molecule has 1 heterocycles. The quantitative estimate of drug-likeness (QED) is 0.804. The Hall–Kier alpha value is -1.36. The largest absolute Gasteiger partial charge is 0.465 e. The summed E-state index contributed by atoms with van der Waals surface area (Å²) in [7, 11) is 2.14. The first-order chi connectivity index (χ1) is 10.6. The van der Waals surface area contributed by atoms with Crippen molar-refractivity contribution in [3.63, 3.8) is 0 Å². The number of piperidine rings is 1. The fourth-order valence-corrected chi connectivity index (χ4v) is 3.40. The van der Waals surface area contributed by atoms with Gasteiger partial charge in [0.2, 0.25) is 0 Å². The summed E-state index contributed by atoms with van der Waals surface area (Å²) < 4.78 is 0. The van der Waals surface area contributed by atoms with Crippen LogP contribution in [0.25, 0.3) is 0 Å². The number of thioether (sulfide) groups is 1. The third-order valence-corrected chi connectivity index (χ3v) is 5.25. The van der Waals surface area contributed by atoms with Crippen LogP contribution in [0.3, 0.4) is 0 Å². The van der Waals surface area contributed by atoms with E-state index in [4.69, 9.17) is 5.11 Å². The average molecular weight is 322 g/mol. The molecular weight excluding hydrogens is 296 g/mol. The second-order valence-electron chi connectivity index (χ2n) is 5.97. The van der Waals surface area contributed by atoms with E-state index in [0.29, 0.717) is 19.0 Å². The van der Waals surface area contributed by atoms with Gasteiger partial charge in [-0.3, -0.25) is 0 Å². The van der Waals surface area contributed by atoms with Gasteiger partial charge >= 0.3 is 6.09 Å². The summed E-state index contributed by atoms with van der Waals surface area (Å²) in [4.78, 5) is 16.0. The Morgan fingerprint density at radius 1 is 1.32 bits per heavy atom. The maximum atomic E-state index is 10.9. The molecule has 0 spiro atoms. The van der Waals surface area contributed by atoms with Gasteiger partial charge < -0.3 is 14.9 Å². The lowest BCUT2D eigenvalue weighted by molar-refractivity contribution is 0.123. The highest BCUT2D eigenvalue weighted by Crippen LogP contribution is 2.23. The van der Waals surface area contributed by atoms with Crippen LogP contribution in [0.2, 0.25) is 0 Å². The minimum Gasteiger partial charge on any atom is -0.465 e. The van der Waals surface area contributed by atoms with E-state index in [0.717, 1.165) is 19.4 Å². The normalized spacial score (nSPS) is 15.8. The number of rotatable bonds is 6. The monoisotopic (exact) mass is 322 g/mol. The molecule has 1 aliphatic heterocycles. The van der Waals surface area contributed by atoms with Crippen LogP contribution in [-0.4, -0.2) is 49.0 Å². The van der Waals surface area contributed by atoms with Crippen molar-refractivity contribution in [3.8, 4) is 0 Å². The molecule has 0 atom stereocenters. The van der Waals surface area contributed by atoms with E-state index >= 15 is 0 Å². The van der Waals surface area contributed by atoms with Crippen LogP contribution in [0.4, 0.5) is 10.5 Å². The third kappa shape index (κ3) is 4.83. The first-order valence-corrected chi connectivity index (χ1v) is 9.15. The zero-order chi connectivity index (χ0) is 15.9. The zero-order valence-corrected chi connectivity index (χ0v) is 14.3. The van der Waals surface area contributed by atoms with Crippen molar-refractivity contribution in [2.24, 2.45) is 5.92 Å². The van der Waals surface area contributed by atoms with Gasteiger partial charge in [0, 0.05) is 37.3 Å². The highest BCUT2D eigenvalue weighted by Gasteiger charge is 2.21. The Kier molecular flexibility index (Phi) is 6.43. The molecule has 0 saturated carbocycles. The summed E-state index contributed by atoms with van der Waals surface area (Å²) in [5.41, 5.74) is 1.26. The van der Waals surface area contributed by atoms with Crippen molar-refractivity contribution in [1.29, 1.82) is 0 Å². The summed E-state index contributed by atoms with van der Waals surface area (Å²) in [5, 5.41) is 8.95. The highest BCUT2D eigenvalue weighted by atomic mass is 32.2. The lowest BCUT2D eigenvalue weighted by Crippen LogP contribution is -2.37. The topological polar surface area (TPSA) is 43.8 Å². The van der Waals surface area contributed by atoms with Gasteiger partial charge in [-0.15, -0.1) is 11.8 Å². The SMILES string of the molecule is CSc1ccc(N(C)CCCC2CCN(C(=O)O)CC2)cc1. The van der Waals surface area contributed by atoms with Crippen LogP contribution < -0.4 is 4.90 Å². The molecule has 1 amide bonds. The van der Waals surface area contributed by atoms with Crippen LogP contribution in [0, 0.1) is 5.92 Å². The van der Waals surface area contributed by atoms with Crippen molar-refractivity contribution in [2.75, 3.05) is 37.8 Å². The van der Waals surface area contributed by atoms with Gasteiger partial charge in [0.05, 0.1) is 0 Å². The van der Waals surface area contributed by atoms with Gasteiger partial charge in [-0.05, 0) is 62.1 Å². The van der Waals surface area contributed by atoms with Gasteiger partial charge in [-0.25, -0.2) is 4.79 Å². The predicted octanol–water partition coefficient (Wildman–Crippen LogP) is 4.01. The molecule has 122 valence electrons. The molecule has 1 aromatic rings. The Labute approximate surface area is 137 Å². The molecule has 0 unspecified atom stereocenters. The van der Waals surface area contributed by atoms with Gasteiger partial charge in [-0.2, -0.15) is 0 Å². The van der Waals surface area contributed by atoms with Crippen LogP contribution in [0.1, 0.15) is 25.7 Å². The molecule has 4 nitrogen and oxygen atoms in total. The van der Waals surface area contributed by atoms with Crippen LogP contribution in [0.15, 0.2) is 29.2 Å². The average Bonchev–Trinajstić information content (AvgIpc) is 2.55. The summed E-state index contributed by atoms with van der Waals surface area (Å²) >= 11 is 1.76. The summed E-state index contributed by atoms with van der Waals surface area (Å²) in [6.45, 7) is 2.45. The Morgan fingerprint density at radius 2 is 1.95 bits per heavy atom. The lowest BCUT2D eigenvalue weighted by atomic mass is 9.92. The van der Waals surface area contributed by atoms with Crippen LogP contribution >= 0.6 is 11.8 Å². The lowest BCUT2D eigenvalue weighted by Gasteiger charge is -2.30. The first kappa shape index (κ1) is 17.0. The minimum absolute atomic E-state index is 0.683. The summed E-state index contributed by atoms with van der Waals surface area (Å²) in [5.74, 6) is 0.683. The van der Waals surface area contributed by atoms with Crippen molar-refractivity contribution in [3.05, 3.63) is 24.3 Å². The molecule has 0 radical (unpaired) electrons. The molecular formula is C17H26N2O2S. The van der Waals surface area contributed by atoms with E-state index in [9.17, 15) is 4.79 Å². The Balaban J connectivity index is 1.68. The zero-order valence-electron chi connectivity index (χ0n) is 13.5. The number of amides is 1. The number of nitrogens with zero attached hydrogens (tertiary/aromatic N) is 2. The van der Waals surface area contributed by atoms with E-state index < -0.39 is 6.09 Å². The van der Waals surface area contributed by atoms with Crippen molar-refractivity contribution >= 4 is 23.5 Å². The highest BCUT2D eigenvalue weighted by molar-refractivity contribution is 7.98. The molecule has 1 fully saturated rings. The second-order valence-corrected chi connectivity index (χ2v) is 6.85. The Bertz CT molecular complexity index is 470. The molecule has 2 rings (SSSR count). The van der Waals surface area contributed by atoms with Crippen LogP contribution in [-0.2, 0) is 0 Å². The smallest absolute Gasteiger partial charge is 0.407 e. The standard InChI is InChI=1S/C17H26N2O2S/c1-18(15-5-7-16(22-2)8-6-15)11-3-4-14-9-12-19(13-10-14)17(20)21/h5-8,14H,3-4,9-13H2,1-2H3,(H,20,21). The third-order valence-electron chi connectivity index (χ3n) is 4.50. The molecule has 0 bridgehead atoms. The minimum atomic E-state index is -0.771. The van der Waals surface area contributed by atoms with Crippen molar-refractivity contribution < 1.29 is 9.90 Å². The predicted molar refractivity (Wildman–Crippen MR) is 93.0 cm³/mol. The fraction of sp³-hybridized carbons (Fsp3) is 0.588. The molecule has 1 saturated heterocycles. The Morgan fingerprint density at radius 3 is 2.50 bits per heavy atom. The maximum absolute atomic E-state index is 10.9. The summed E-state index contributed by atoms with van der Waals surface area (Å²) in [6, 6.07) is 8.69. The van der Waals surface area contributed by atoms with Gasteiger partial charge in [0.25, 0.3) is 0 Å². The van der Waals surface area contributed by atoms with E-state index in [-0.39, 0.29) is 0 Å². The van der Waals surface area contributed by atoms with Crippen molar-refractivity contribution in [2.45, 2.75) is 30.6 Å². The maximum Gasteiger partial charge on any atom is 0.407 e. The fourth-order valence-electron chi connectivity index (χ4n) is 3.00. The number of anilines is 1. The van der Waals surface area contributed by atoms with Gasteiger partial charge in [0.15, 0.2) is 0 Å². The van der Waals surface area contributed by atoms with E-state index in [2.05, 4.69) is 42.5 Å². The van der Waals surface area contributed by atoms with E-state index in [1.807, 2.05) is 0 Å². The molecule has 1 aromatic carbocycles. The molecule has 5 heteroatoms. The van der Waals surface area contributed by atoms with Crippen molar-refractivity contribution in [1.82, 2.24) is 4.90 Å². The number of carboxylic acid groups (broad SMARTS) is 1. The first-order valence-electron chi connectivity index (χ1n) is 7.93. The molecule has 0 aromatic heterocycles. The van der Waals surface area contributed by atoms with Gasteiger partial charge in [0.1, 0.15) is 0 Å². The summed E-state index contributed by atoms with van der Waals surface area (Å²) in [6.07, 6.45) is 5.71. The number of carbonyl (C=O) groups is 1. The number of hydrogen-bond acceptors (Lipinski definition) is 3. The molecule has 1 aliphatic rings.